The molecular weight excluding hydrogens is 436 g/mol. The van der Waals surface area contributed by atoms with Gasteiger partial charge in [-0.3, -0.25) is 14.5 Å². The fourth-order valence-electron chi connectivity index (χ4n) is 3.51. The summed E-state index contributed by atoms with van der Waals surface area (Å²) in [5.41, 5.74) is 7.67. The molecule has 4 N–H and O–H groups in total. The van der Waals surface area contributed by atoms with Crippen molar-refractivity contribution in [3.05, 3.63) is 64.8 Å². The molecule has 8 nitrogen and oxygen atoms in total. The first-order chi connectivity index (χ1) is 15.0. The lowest BCUT2D eigenvalue weighted by Crippen LogP contribution is -2.70. The Balaban J connectivity index is 1.49. The maximum Gasteiger partial charge on any atom is 0.352 e. The SMILES string of the molecule is Nc1nc(/C(=C/CCc2ccccc2)C(=O)N[C@@H]2C(=O)N3C(C(=O)O)=CCS[C@H]23)cs1. The van der Waals surface area contributed by atoms with E-state index >= 15 is 0 Å². The number of fused-ring (bicyclic) bond motifs is 1. The van der Waals surface area contributed by atoms with Gasteiger partial charge in [-0.05, 0) is 24.5 Å². The number of carbonyl (C=O) groups excluding carboxylic acids is 2. The lowest BCUT2D eigenvalue weighted by molar-refractivity contribution is -0.150. The van der Waals surface area contributed by atoms with Gasteiger partial charge in [0.15, 0.2) is 5.13 Å². The number of carbonyl (C=O) groups is 3. The maximum absolute atomic E-state index is 13.1. The summed E-state index contributed by atoms with van der Waals surface area (Å²) in [5.74, 6) is -1.54. The zero-order chi connectivity index (χ0) is 22.0. The summed E-state index contributed by atoms with van der Waals surface area (Å²) in [6, 6.07) is 9.12. The van der Waals surface area contributed by atoms with Crippen LogP contribution in [0.1, 0.15) is 17.7 Å². The molecule has 0 bridgehead atoms. The van der Waals surface area contributed by atoms with E-state index in [1.165, 1.54) is 34.1 Å². The molecule has 0 spiro atoms. The predicted octanol–water partition coefficient (Wildman–Crippen LogP) is 2.11. The zero-order valence-corrected chi connectivity index (χ0v) is 18.0. The van der Waals surface area contributed by atoms with Gasteiger partial charge in [-0.2, -0.15) is 0 Å². The van der Waals surface area contributed by atoms with Crippen LogP contribution in [-0.4, -0.2) is 49.9 Å². The van der Waals surface area contributed by atoms with Crippen LogP contribution in [-0.2, 0) is 20.8 Å². The first-order valence-corrected chi connectivity index (χ1v) is 11.5. The van der Waals surface area contributed by atoms with Crippen LogP contribution in [0, 0.1) is 0 Å². The second-order valence-electron chi connectivity index (χ2n) is 6.99. The highest BCUT2D eigenvalue weighted by Gasteiger charge is 2.52. The third-order valence-corrected chi connectivity index (χ3v) is 6.88. The molecule has 2 aliphatic rings. The van der Waals surface area contributed by atoms with Crippen LogP contribution in [0.15, 0.2) is 53.6 Å². The number of thiazole rings is 1. The maximum atomic E-state index is 13.1. The van der Waals surface area contributed by atoms with Crippen LogP contribution in [0.25, 0.3) is 5.57 Å². The number of carboxylic acids is 1. The van der Waals surface area contributed by atoms with Crippen molar-refractivity contribution in [3.63, 3.8) is 0 Å². The van der Waals surface area contributed by atoms with Crippen LogP contribution in [0.2, 0.25) is 0 Å². The van der Waals surface area contributed by atoms with Gasteiger partial charge in [0.05, 0.1) is 11.3 Å². The number of benzene rings is 1. The van der Waals surface area contributed by atoms with Gasteiger partial charge >= 0.3 is 5.97 Å². The summed E-state index contributed by atoms with van der Waals surface area (Å²) >= 11 is 2.65. The Labute approximate surface area is 186 Å². The van der Waals surface area contributed by atoms with Gasteiger partial charge in [-0.1, -0.05) is 36.4 Å². The number of anilines is 1. The van der Waals surface area contributed by atoms with Crippen molar-refractivity contribution in [2.75, 3.05) is 11.5 Å². The van der Waals surface area contributed by atoms with E-state index in [2.05, 4.69) is 10.3 Å². The average Bonchev–Trinajstić information content (AvgIpc) is 3.20. The molecule has 4 rings (SSSR count). The molecule has 10 heteroatoms. The molecule has 2 atom stereocenters. The number of nitrogens with one attached hydrogen (secondary N) is 1. The van der Waals surface area contributed by atoms with E-state index < -0.39 is 29.2 Å². The molecule has 1 saturated heterocycles. The Morgan fingerprint density at radius 1 is 1.32 bits per heavy atom. The van der Waals surface area contributed by atoms with Crippen molar-refractivity contribution in [1.29, 1.82) is 0 Å². The highest BCUT2D eigenvalue weighted by atomic mass is 32.2. The minimum absolute atomic E-state index is 0.0369. The van der Waals surface area contributed by atoms with Crippen molar-refractivity contribution < 1.29 is 19.5 Å². The van der Waals surface area contributed by atoms with Crippen molar-refractivity contribution in [2.24, 2.45) is 0 Å². The molecule has 3 heterocycles. The van der Waals surface area contributed by atoms with E-state index in [9.17, 15) is 19.5 Å². The quantitative estimate of drug-likeness (QED) is 0.430. The molecule has 31 heavy (non-hydrogen) atoms. The number of allylic oxidation sites excluding steroid dienone is 1. The third-order valence-electron chi connectivity index (χ3n) is 5.02. The van der Waals surface area contributed by atoms with Crippen LogP contribution < -0.4 is 11.1 Å². The highest BCUT2D eigenvalue weighted by molar-refractivity contribution is 8.00. The Hall–Kier alpha value is -3.11. The van der Waals surface area contributed by atoms with E-state index in [-0.39, 0.29) is 5.70 Å². The molecule has 2 aliphatic heterocycles. The van der Waals surface area contributed by atoms with Gasteiger partial charge in [0.25, 0.3) is 11.8 Å². The number of aryl methyl sites for hydroxylation is 1. The normalized spacial score (nSPS) is 20.5. The Kier molecular flexibility index (Phi) is 6.10. The molecule has 0 radical (unpaired) electrons. The van der Waals surface area contributed by atoms with Gasteiger partial charge in [0, 0.05) is 11.1 Å². The van der Waals surface area contributed by atoms with E-state index in [1.807, 2.05) is 30.3 Å². The largest absolute Gasteiger partial charge is 0.477 e. The first kappa shape index (κ1) is 21.1. The Morgan fingerprint density at radius 2 is 2.10 bits per heavy atom. The molecule has 1 fully saturated rings. The Bertz CT molecular complexity index is 1080. The van der Waals surface area contributed by atoms with Crippen molar-refractivity contribution in [1.82, 2.24) is 15.2 Å². The van der Waals surface area contributed by atoms with Crippen molar-refractivity contribution >= 4 is 51.6 Å². The second kappa shape index (κ2) is 8.94. The summed E-state index contributed by atoms with van der Waals surface area (Å²) in [7, 11) is 0. The molecular formula is C21H20N4O4S2. The number of aliphatic carboxylic acids is 1. The molecule has 1 aromatic heterocycles. The Morgan fingerprint density at radius 3 is 2.77 bits per heavy atom. The molecule has 160 valence electrons. The number of amides is 2. The number of rotatable bonds is 7. The van der Waals surface area contributed by atoms with Crippen LogP contribution in [0.5, 0.6) is 0 Å². The number of thioether (sulfide) groups is 1. The number of nitrogens with zero attached hydrogens (tertiary/aromatic N) is 2. The number of hydrogen-bond acceptors (Lipinski definition) is 7. The number of β-lactam (4-membered cyclic amide) rings is 1. The lowest BCUT2D eigenvalue weighted by atomic mass is 10.0. The summed E-state index contributed by atoms with van der Waals surface area (Å²) in [6.07, 6.45) is 4.67. The summed E-state index contributed by atoms with van der Waals surface area (Å²) in [6.45, 7) is 0. The summed E-state index contributed by atoms with van der Waals surface area (Å²) in [5, 5.41) is 13.7. The first-order valence-electron chi connectivity index (χ1n) is 9.60. The molecule has 0 saturated carbocycles. The fraction of sp³-hybridized carbons (Fsp3) is 0.238. The molecule has 0 aliphatic carbocycles. The van der Waals surface area contributed by atoms with Gasteiger partial charge in [-0.25, -0.2) is 9.78 Å². The van der Waals surface area contributed by atoms with Crippen LogP contribution in [0.4, 0.5) is 5.13 Å². The van der Waals surface area contributed by atoms with E-state index in [0.29, 0.717) is 28.6 Å². The molecule has 2 amide bonds. The highest BCUT2D eigenvalue weighted by Crippen LogP contribution is 2.37. The van der Waals surface area contributed by atoms with Gasteiger partial charge in [0.1, 0.15) is 17.1 Å². The standard InChI is InChI=1S/C21H20N4O4S2/c22-21-23-14(11-31-21)13(8-4-7-12-5-2-1-3-6-12)17(26)24-16-18(27)25-15(20(28)29)9-10-30-19(16)25/h1-3,5-6,8-9,11,16,19H,4,7,10H2,(H2,22,23)(H,24,26)(H,28,29)/b13-8-/t16-,19-/m1/s1. The van der Waals surface area contributed by atoms with E-state index in [4.69, 9.17) is 5.73 Å². The second-order valence-corrected chi connectivity index (χ2v) is 9.03. The minimum Gasteiger partial charge on any atom is -0.477 e. The van der Waals surface area contributed by atoms with Crippen LogP contribution >= 0.6 is 23.1 Å². The van der Waals surface area contributed by atoms with Gasteiger partial charge in [-0.15, -0.1) is 23.1 Å². The third kappa shape index (κ3) is 4.35. The number of carboxylic acid groups (broad SMARTS) is 1. The van der Waals surface area contributed by atoms with E-state index in [0.717, 1.165) is 12.0 Å². The lowest BCUT2D eigenvalue weighted by Gasteiger charge is -2.48. The zero-order valence-electron chi connectivity index (χ0n) is 16.4. The monoisotopic (exact) mass is 456 g/mol. The number of hydrogen-bond donors (Lipinski definition) is 3. The van der Waals surface area contributed by atoms with Crippen molar-refractivity contribution in [2.45, 2.75) is 24.3 Å². The minimum atomic E-state index is -1.15. The fourth-order valence-corrected chi connectivity index (χ4v) is 5.27. The molecule has 0 unspecified atom stereocenters. The van der Waals surface area contributed by atoms with Crippen LogP contribution in [0.3, 0.4) is 0 Å². The average molecular weight is 457 g/mol. The summed E-state index contributed by atoms with van der Waals surface area (Å²) in [4.78, 5) is 42.4. The van der Waals surface area contributed by atoms with Crippen molar-refractivity contribution in [3.8, 4) is 0 Å². The molecule has 1 aromatic carbocycles. The topological polar surface area (TPSA) is 126 Å². The summed E-state index contributed by atoms with van der Waals surface area (Å²) < 4.78 is 0. The molecule has 2 aromatic rings. The van der Waals surface area contributed by atoms with Gasteiger partial charge in [0.2, 0.25) is 0 Å². The van der Waals surface area contributed by atoms with E-state index in [1.54, 1.807) is 11.5 Å². The number of nitrogen functional groups attached to an aromatic ring is 1. The smallest absolute Gasteiger partial charge is 0.352 e. The van der Waals surface area contributed by atoms with Gasteiger partial charge < -0.3 is 16.2 Å². The predicted molar refractivity (Wildman–Crippen MR) is 120 cm³/mol. The number of nitrogens with two attached hydrogens (primary N) is 1. The number of aromatic nitrogens is 1.